The first-order valence-electron chi connectivity index (χ1n) is 5.62. The summed E-state index contributed by atoms with van der Waals surface area (Å²) in [4.78, 5) is 1.22. The number of nitrogens with one attached hydrogen (secondary N) is 2. The maximum absolute atomic E-state index is 12.3. The average molecular weight is 396 g/mol. The molecule has 8 heteroatoms. The van der Waals surface area contributed by atoms with Gasteiger partial charge in [-0.1, -0.05) is 11.6 Å². The summed E-state index contributed by atoms with van der Waals surface area (Å²) in [7, 11) is -1.77. The van der Waals surface area contributed by atoms with Gasteiger partial charge in [-0.15, -0.1) is 11.3 Å². The van der Waals surface area contributed by atoms with Crippen molar-refractivity contribution in [1.82, 2.24) is 5.32 Å². The van der Waals surface area contributed by atoms with Gasteiger partial charge in [0.2, 0.25) is 0 Å². The van der Waals surface area contributed by atoms with Crippen molar-refractivity contribution < 1.29 is 8.42 Å². The molecule has 0 amide bonds. The van der Waals surface area contributed by atoms with Crippen molar-refractivity contribution in [3.63, 3.8) is 0 Å². The Balaban J connectivity index is 2.26. The fourth-order valence-electron chi connectivity index (χ4n) is 1.54. The highest BCUT2D eigenvalue weighted by atomic mass is 79.9. The van der Waals surface area contributed by atoms with E-state index in [-0.39, 0.29) is 4.90 Å². The summed E-state index contributed by atoms with van der Waals surface area (Å²) in [5.74, 6) is 0. The predicted molar refractivity (Wildman–Crippen MR) is 87.0 cm³/mol. The molecular weight excluding hydrogens is 384 g/mol. The van der Waals surface area contributed by atoms with Crippen LogP contribution in [0.25, 0.3) is 0 Å². The monoisotopic (exact) mass is 394 g/mol. The first-order valence-corrected chi connectivity index (χ1v) is 9.15. The van der Waals surface area contributed by atoms with E-state index >= 15 is 0 Å². The van der Waals surface area contributed by atoms with Crippen LogP contribution < -0.4 is 10.0 Å². The van der Waals surface area contributed by atoms with E-state index in [2.05, 4.69) is 26.0 Å². The van der Waals surface area contributed by atoms with Crippen molar-refractivity contribution in [2.24, 2.45) is 0 Å². The highest BCUT2D eigenvalue weighted by molar-refractivity contribution is 9.10. The lowest BCUT2D eigenvalue weighted by molar-refractivity contribution is 0.601. The summed E-state index contributed by atoms with van der Waals surface area (Å²) >= 11 is 10.5. The minimum atomic E-state index is -3.59. The second-order valence-electron chi connectivity index (χ2n) is 4.01. The van der Waals surface area contributed by atoms with Gasteiger partial charge in [0.1, 0.15) is 0 Å². The van der Waals surface area contributed by atoms with Crippen LogP contribution in [0, 0.1) is 0 Å². The Morgan fingerprint density at radius 1 is 1.35 bits per heavy atom. The Morgan fingerprint density at radius 3 is 2.75 bits per heavy atom. The molecular formula is C12H12BrClN2O2S2. The van der Waals surface area contributed by atoms with Crippen LogP contribution >= 0.6 is 38.9 Å². The molecule has 0 atom stereocenters. The van der Waals surface area contributed by atoms with Gasteiger partial charge in [0.05, 0.1) is 10.6 Å². The minimum Gasteiger partial charge on any atom is -0.315 e. The third kappa shape index (κ3) is 3.73. The van der Waals surface area contributed by atoms with Crippen molar-refractivity contribution in [3.8, 4) is 0 Å². The molecule has 20 heavy (non-hydrogen) atoms. The smallest absolute Gasteiger partial charge is 0.262 e. The fourth-order valence-corrected chi connectivity index (χ4v) is 4.82. The van der Waals surface area contributed by atoms with E-state index < -0.39 is 10.0 Å². The molecule has 2 aromatic rings. The van der Waals surface area contributed by atoms with Gasteiger partial charge in [-0.25, -0.2) is 8.42 Å². The Morgan fingerprint density at radius 2 is 2.10 bits per heavy atom. The zero-order valence-electron chi connectivity index (χ0n) is 10.5. The number of halogens is 2. The molecule has 0 saturated heterocycles. The molecule has 1 aromatic carbocycles. The van der Waals surface area contributed by atoms with Crippen LogP contribution in [0.4, 0.5) is 5.69 Å². The molecule has 1 heterocycles. The minimum absolute atomic E-state index is 0.259. The van der Waals surface area contributed by atoms with Crippen molar-refractivity contribution >= 4 is 54.6 Å². The molecule has 0 radical (unpaired) electrons. The van der Waals surface area contributed by atoms with Crippen molar-refractivity contribution in [2.75, 3.05) is 11.8 Å². The lowest BCUT2D eigenvalue weighted by Gasteiger charge is -2.08. The number of thiophene rings is 1. The van der Waals surface area contributed by atoms with Crippen LogP contribution in [0.15, 0.2) is 39.0 Å². The fraction of sp³-hybridized carbons (Fsp3) is 0.167. The van der Waals surface area contributed by atoms with E-state index in [0.717, 1.165) is 4.88 Å². The van der Waals surface area contributed by atoms with E-state index in [1.165, 1.54) is 11.3 Å². The Bertz CT molecular complexity index is 716. The summed E-state index contributed by atoms with van der Waals surface area (Å²) in [6.45, 7) is 0.644. The van der Waals surface area contributed by atoms with E-state index in [1.807, 2.05) is 7.05 Å². The zero-order valence-corrected chi connectivity index (χ0v) is 14.5. The lowest BCUT2D eigenvalue weighted by atomic mass is 10.3. The Kier molecular flexibility index (Phi) is 5.09. The van der Waals surface area contributed by atoms with Crippen molar-refractivity contribution in [2.45, 2.75) is 11.4 Å². The Hall–Kier alpha value is -0.600. The Labute approximate surface area is 135 Å². The third-order valence-electron chi connectivity index (χ3n) is 2.47. The largest absolute Gasteiger partial charge is 0.315 e. The second kappa shape index (κ2) is 6.44. The maximum atomic E-state index is 12.3. The van der Waals surface area contributed by atoms with Gasteiger partial charge in [0.25, 0.3) is 10.0 Å². The van der Waals surface area contributed by atoms with E-state index in [9.17, 15) is 8.42 Å². The van der Waals surface area contributed by atoms with Crippen molar-refractivity contribution in [3.05, 3.63) is 44.0 Å². The zero-order chi connectivity index (χ0) is 14.8. The molecule has 0 unspecified atom stereocenters. The van der Waals surface area contributed by atoms with E-state index in [4.69, 9.17) is 11.6 Å². The van der Waals surface area contributed by atoms with Crippen molar-refractivity contribution in [1.29, 1.82) is 0 Å². The van der Waals surface area contributed by atoms with E-state index in [0.29, 0.717) is 21.7 Å². The number of hydrogen-bond donors (Lipinski definition) is 2. The van der Waals surface area contributed by atoms with Gasteiger partial charge >= 0.3 is 0 Å². The van der Waals surface area contributed by atoms with Crippen LogP contribution in [0.1, 0.15) is 4.88 Å². The highest BCUT2D eigenvalue weighted by Crippen LogP contribution is 2.29. The number of hydrogen-bond acceptors (Lipinski definition) is 4. The van der Waals surface area contributed by atoms with Crippen LogP contribution in [-0.2, 0) is 16.6 Å². The molecule has 0 aliphatic carbocycles. The molecule has 2 N–H and O–H groups in total. The van der Waals surface area contributed by atoms with Gasteiger partial charge in [0.15, 0.2) is 0 Å². The second-order valence-corrected chi connectivity index (χ2v) is 7.98. The van der Waals surface area contributed by atoms with Gasteiger partial charge in [-0.2, -0.15) is 0 Å². The first-order chi connectivity index (χ1) is 9.42. The molecule has 4 nitrogen and oxygen atoms in total. The molecule has 0 bridgehead atoms. The first kappa shape index (κ1) is 15.8. The van der Waals surface area contributed by atoms with Crippen LogP contribution in [-0.4, -0.2) is 15.5 Å². The molecule has 1 aromatic heterocycles. The van der Waals surface area contributed by atoms with Crippen LogP contribution in [0.3, 0.4) is 0 Å². The summed E-state index contributed by atoms with van der Waals surface area (Å²) in [5, 5.41) is 5.14. The van der Waals surface area contributed by atoms with Crippen LogP contribution in [0.5, 0.6) is 0 Å². The summed E-state index contributed by atoms with van der Waals surface area (Å²) in [6, 6.07) is 6.54. The number of sulfonamides is 1. The van der Waals surface area contributed by atoms with Crippen LogP contribution in [0.2, 0.25) is 5.02 Å². The number of anilines is 1. The normalized spacial score (nSPS) is 11.6. The molecule has 0 aliphatic heterocycles. The average Bonchev–Trinajstić information content (AvgIpc) is 2.83. The molecule has 0 spiro atoms. The number of rotatable bonds is 5. The quantitative estimate of drug-likeness (QED) is 0.812. The molecule has 0 saturated carbocycles. The maximum Gasteiger partial charge on any atom is 0.262 e. The van der Waals surface area contributed by atoms with Gasteiger partial charge in [0, 0.05) is 26.3 Å². The van der Waals surface area contributed by atoms with E-state index in [1.54, 1.807) is 29.6 Å². The highest BCUT2D eigenvalue weighted by Gasteiger charge is 2.17. The van der Waals surface area contributed by atoms with Gasteiger partial charge in [-0.3, -0.25) is 4.72 Å². The third-order valence-corrected chi connectivity index (χ3v) is 5.79. The van der Waals surface area contributed by atoms with Gasteiger partial charge < -0.3 is 5.32 Å². The summed E-state index contributed by atoms with van der Waals surface area (Å²) in [6.07, 6.45) is 0. The molecule has 108 valence electrons. The lowest BCUT2D eigenvalue weighted by Crippen LogP contribution is -2.12. The standard InChI is InChI=1S/C12H12BrClN2O2S2/c1-15-6-9-5-10(7-19-9)20(17,18)16-12-3-2-8(14)4-11(12)13/h2-5,7,15-16H,6H2,1H3. The molecule has 0 aliphatic rings. The molecule has 2 rings (SSSR count). The summed E-state index contributed by atoms with van der Waals surface area (Å²) < 4.78 is 27.7. The molecule has 0 fully saturated rings. The SMILES string of the molecule is CNCc1cc(S(=O)(=O)Nc2ccc(Cl)cc2Br)cs1. The van der Waals surface area contributed by atoms with Gasteiger partial charge in [-0.05, 0) is 47.2 Å². The summed E-state index contributed by atoms with van der Waals surface area (Å²) in [5.41, 5.74) is 0.454. The predicted octanol–water partition coefficient (Wildman–Crippen LogP) is 3.68. The topological polar surface area (TPSA) is 58.2 Å². The number of benzene rings is 1.